The van der Waals surface area contributed by atoms with Crippen LogP contribution in [0.1, 0.15) is 69.2 Å². The molecule has 0 bridgehead atoms. The molecule has 2 amide bonds. The van der Waals surface area contributed by atoms with Crippen LogP contribution in [-0.2, 0) is 27.3 Å². The third kappa shape index (κ3) is 14.9. The lowest BCUT2D eigenvalue weighted by atomic mass is 10.1. The van der Waals surface area contributed by atoms with E-state index in [-0.39, 0.29) is 17.7 Å². The number of carbonyl (C=O) groups excluding carboxylic acids is 3. The summed E-state index contributed by atoms with van der Waals surface area (Å²) in [5, 5.41) is 5.67. The topological polar surface area (TPSA) is 129 Å². The number of morpholine rings is 2. The number of alkyl halides is 3. The summed E-state index contributed by atoms with van der Waals surface area (Å²) in [6, 6.07) is 35.9. The van der Waals surface area contributed by atoms with E-state index >= 15 is 0 Å². The van der Waals surface area contributed by atoms with Gasteiger partial charge in [0, 0.05) is 92.6 Å². The van der Waals surface area contributed by atoms with Crippen molar-refractivity contribution >= 4 is 29.2 Å². The highest BCUT2D eigenvalue weighted by Gasteiger charge is 2.31. The maximum absolute atomic E-state index is 13.3. The van der Waals surface area contributed by atoms with Crippen molar-refractivity contribution in [2.75, 3.05) is 76.3 Å². The van der Waals surface area contributed by atoms with E-state index in [0.29, 0.717) is 22.4 Å². The summed E-state index contributed by atoms with van der Waals surface area (Å²) in [5.74, 6) is -1.39. The van der Waals surface area contributed by atoms with Crippen molar-refractivity contribution in [3.8, 4) is 28.3 Å². The van der Waals surface area contributed by atoms with Crippen LogP contribution in [0.4, 0.5) is 24.5 Å². The van der Waals surface area contributed by atoms with Gasteiger partial charge in [0.1, 0.15) is 5.75 Å². The standard InChI is InChI=1S/C29H35N3O4.C26H28F3N3O3/c1-21(2)36-29(34)24-11-7-12-25(19-24)30-28(33)26-20-27(23-9-5-4-6-10-23)32(22(26)3)14-8-13-31-15-17-35-18-16-31;1-19-23(25(33)30-21-9-5-10-22(17-21)35-26(27,28)29)18-24(20-7-3-2-4-8-20)32(19)12-6-11-31-13-15-34-16-14-31/h4-7,9-12,19-21H,8,13-18H2,1-3H3,(H,30,33);2-5,7-10,17-18H,6,11-16H2,1H3,(H,30,33). The summed E-state index contributed by atoms with van der Waals surface area (Å²) < 4.78 is 62.2. The predicted octanol–water partition coefficient (Wildman–Crippen LogP) is 10.3. The number of benzene rings is 4. The van der Waals surface area contributed by atoms with Crippen molar-refractivity contribution in [2.24, 2.45) is 0 Å². The highest BCUT2D eigenvalue weighted by molar-refractivity contribution is 6.07. The van der Waals surface area contributed by atoms with Crippen LogP contribution in [-0.4, -0.2) is 115 Å². The monoisotopic (exact) mass is 976 g/mol. The third-order valence-electron chi connectivity index (χ3n) is 12.3. The number of hydrogen-bond donors (Lipinski definition) is 2. The molecule has 0 aliphatic carbocycles. The number of carbonyl (C=O) groups is 3. The van der Waals surface area contributed by atoms with E-state index in [1.165, 1.54) is 18.2 Å². The molecule has 16 heteroatoms. The molecule has 0 spiro atoms. The van der Waals surface area contributed by atoms with Crippen LogP contribution < -0.4 is 15.4 Å². The molecular formula is C55H63F3N6O7. The van der Waals surface area contributed by atoms with Crippen molar-refractivity contribution in [3.63, 3.8) is 0 Å². The van der Waals surface area contributed by atoms with Gasteiger partial charge in [-0.25, -0.2) is 4.79 Å². The van der Waals surface area contributed by atoms with Crippen LogP contribution >= 0.6 is 0 Å². The van der Waals surface area contributed by atoms with Crippen molar-refractivity contribution in [2.45, 2.75) is 66.1 Å². The second-order valence-corrected chi connectivity index (χ2v) is 17.7. The minimum absolute atomic E-state index is 0.203. The molecule has 4 aromatic carbocycles. The van der Waals surface area contributed by atoms with Gasteiger partial charge in [0.05, 0.1) is 49.2 Å². The summed E-state index contributed by atoms with van der Waals surface area (Å²) >= 11 is 0. The Labute approximate surface area is 413 Å². The second kappa shape index (κ2) is 24.9. The molecule has 376 valence electrons. The normalized spacial score (nSPS) is 14.4. The zero-order valence-corrected chi connectivity index (χ0v) is 40.8. The molecule has 13 nitrogen and oxygen atoms in total. The molecule has 2 aliphatic heterocycles. The Morgan fingerprint density at radius 1 is 0.592 bits per heavy atom. The summed E-state index contributed by atoms with van der Waals surface area (Å²) in [5.41, 5.74) is 7.99. The molecular weight excluding hydrogens is 914 g/mol. The van der Waals surface area contributed by atoms with E-state index in [1.54, 1.807) is 24.3 Å². The predicted molar refractivity (Wildman–Crippen MR) is 269 cm³/mol. The van der Waals surface area contributed by atoms with E-state index in [0.717, 1.165) is 132 Å². The number of aromatic nitrogens is 2. The molecule has 0 atom stereocenters. The number of amides is 2. The fraction of sp³-hybridized carbons (Fsp3) is 0.364. The molecule has 0 unspecified atom stereocenters. The fourth-order valence-corrected chi connectivity index (χ4v) is 8.75. The van der Waals surface area contributed by atoms with Gasteiger partial charge >= 0.3 is 12.3 Å². The van der Waals surface area contributed by atoms with Crippen LogP contribution in [0.15, 0.2) is 121 Å². The van der Waals surface area contributed by atoms with Crippen LogP contribution in [0.2, 0.25) is 0 Å². The van der Waals surface area contributed by atoms with Crippen molar-refractivity contribution < 1.29 is 46.5 Å². The quantitative estimate of drug-likeness (QED) is 0.0859. The zero-order valence-electron chi connectivity index (χ0n) is 40.8. The number of rotatable bonds is 17. The van der Waals surface area contributed by atoms with Gasteiger partial charge in [0.2, 0.25) is 0 Å². The van der Waals surface area contributed by atoms with E-state index in [2.05, 4.69) is 46.4 Å². The molecule has 2 aromatic heterocycles. The molecule has 4 heterocycles. The molecule has 0 saturated carbocycles. The number of ether oxygens (including phenoxy) is 4. The van der Waals surface area contributed by atoms with Crippen LogP contribution in [0, 0.1) is 13.8 Å². The molecule has 2 fully saturated rings. The Morgan fingerprint density at radius 2 is 1.04 bits per heavy atom. The first-order chi connectivity index (χ1) is 34.2. The summed E-state index contributed by atoms with van der Waals surface area (Å²) in [4.78, 5) is 43.6. The smallest absolute Gasteiger partial charge is 0.459 e. The third-order valence-corrected chi connectivity index (χ3v) is 12.3. The van der Waals surface area contributed by atoms with E-state index in [1.807, 2.05) is 88.4 Å². The van der Waals surface area contributed by atoms with Crippen LogP contribution in [0.25, 0.3) is 22.5 Å². The first-order valence-corrected chi connectivity index (χ1v) is 24.1. The number of halogens is 3. The van der Waals surface area contributed by atoms with Crippen LogP contribution in [0.3, 0.4) is 0 Å². The van der Waals surface area contributed by atoms with Gasteiger partial charge in [-0.3, -0.25) is 19.4 Å². The average molecular weight is 977 g/mol. The lowest BCUT2D eigenvalue weighted by Gasteiger charge is -2.26. The van der Waals surface area contributed by atoms with E-state index in [4.69, 9.17) is 14.2 Å². The number of hydrogen-bond acceptors (Lipinski definition) is 9. The Kier molecular flexibility index (Phi) is 18.3. The average Bonchev–Trinajstić information content (AvgIpc) is 3.87. The van der Waals surface area contributed by atoms with E-state index < -0.39 is 24.0 Å². The van der Waals surface area contributed by atoms with Crippen LogP contribution in [0.5, 0.6) is 5.75 Å². The highest BCUT2D eigenvalue weighted by Crippen LogP contribution is 2.30. The van der Waals surface area contributed by atoms with Gasteiger partial charge in [0.15, 0.2) is 0 Å². The van der Waals surface area contributed by atoms with Crippen molar-refractivity contribution in [1.82, 2.24) is 18.9 Å². The van der Waals surface area contributed by atoms with Gasteiger partial charge in [-0.15, -0.1) is 13.2 Å². The Morgan fingerprint density at radius 3 is 1.49 bits per heavy atom. The molecule has 6 aromatic rings. The number of nitrogens with one attached hydrogen (secondary N) is 2. The highest BCUT2D eigenvalue weighted by atomic mass is 19.4. The van der Waals surface area contributed by atoms with Gasteiger partial charge in [0.25, 0.3) is 11.8 Å². The lowest BCUT2D eigenvalue weighted by molar-refractivity contribution is -0.274. The number of anilines is 2. The summed E-state index contributed by atoms with van der Waals surface area (Å²) in [6.07, 6.45) is -3.12. The van der Waals surface area contributed by atoms with Crippen molar-refractivity contribution in [3.05, 3.63) is 149 Å². The summed E-state index contributed by atoms with van der Waals surface area (Å²) in [6.45, 7) is 17.8. The SMILES string of the molecule is Cc1c(C(=O)Nc2cccc(C(=O)OC(C)C)c2)cc(-c2ccccc2)n1CCCN1CCOCC1.Cc1c(C(=O)Nc2cccc(OC(F)(F)F)c2)cc(-c2ccccc2)n1CCCN1CCOCC1. The molecule has 2 saturated heterocycles. The first-order valence-electron chi connectivity index (χ1n) is 24.1. The Bertz CT molecular complexity index is 2690. The first kappa shape index (κ1) is 52.1. The largest absolute Gasteiger partial charge is 0.573 e. The minimum atomic E-state index is -4.80. The Balaban J connectivity index is 0.000000209. The molecule has 8 rings (SSSR count). The lowest BCUT2D eigenvalue weighted by Crippen LogP contribution is -2.37. The van der Waals surface area contributed by atoms with E-state index in [9.17, 15) is 27.6 Å². The minimum Gasteiger partial charge on any atom is -0.459 e. The zero-order chi connectivity index (χ0) is 50.3. The molecule has 71 heavy (non-hydrogen) atoms. The number of esters is 1. The molecule has 0 radical (unpaired) electrons. The molecule has 2 aliphatic rings. The van der Waals surface area contributed by atoms with Gasteiger partial charge in [-0.1, -0.05) is 72.8 Å². The Hall–Kier alpha value is -6.72. The maximum atomic E-state index is 13.3. The fourth-order valence-electron chi connectivity index (χ4n) is 8.75. The summed E-state index contributed by atoms with van der Waals surface area (Å²) in [7, 11) is 0. The van der Waals surface area contributed by atoms with Crippen molar-refractivity contribution in [1.29, 1.82) is 0 Å². The second-order valence-electron chi connectivity index (χ2n) is 17.7. The number of nitrogens with zero attached hydrogens (tertiary/aromatic N) is 4. The van der Waals surface area contributed by atoms with Gasteiger partial charge < -0.3 is 38.7 Å². The van der Waals surface area contributed by atoms with Gasteiger partial charge in [-0.05, 0) is 94.1 Å². The molecule has 2 N–H and O–H groups in total. The van der Waals surface area contributed by atoms with Gasteiger partial charge in [-0.2, -0.15) is 0 Å². The maximum Gasteiger partial charge on any atom is 0.573 e.